The minimum Gasteiger partial charge on any atom is -0.308 e. The van der Waals surface area contributed by atoms with Crippen LogP contribution < -0.4 is 10.9 Å². The predicted molar refractivity (Wildman–Crippen MR) is 128 cm³/mol. The maximum absolute atomic E-state index is 13.2. The maximum Gasteiger partial charge on any atom is 0.262 e. The number of likely N-dealkylation sites (tertiary alicyclic amines) is 1. The summed E-state index contributed by atoms with van der Waals surface area (Å²) in [6, 6.07) is 9.16. The van der Waals surface area contributed by atoms with Crippen molar-refractivity contribution in [2.45, 2.75) is 44.8 Å². The molecule has 1 aliphatic heterocycles. The number of piperidine rings is 1. The number of benzene rings is 1. The summed E-state index contributed by atoms with van der Waals surface area (Å²) in [5, 5.41) is 10.8. The van der Waals surface area contributed by atoms with Crippen molar-refractivity contribution in [1.29, 1.82) is 0 Å². The highest BCUT2D eigenvalue weighted by Gasteiger charge is 2.17. The van der Waals surface area contributed by atoms with Gasteiger partial charge in [-0.05, 0) is 63.9 Å². The molecule has 0 unspecified atom stereocenters. The van der Waals surface area contributed by atoms with Crippen molar-refractivity contribution in [3.63, 3.8) is 0 Å². The van der Waals surface area contributed by atoms with Gasteiger partial charge in [-0.3, -0.25) is 19.3 Å². The van der Waals surface area contributed by atoms with Crippen LogP contribution in [0.5, 0.6) is 0 Å². The number of carbonyl (C=O) groups is 1. The van der Waals surface area contributed by atoms with Crippen LogP contribution in [0.4, 0.5) is 5.82 Å². The topological polar surface area (TPSA) is 95.9 Å². The lowest BCUT2D eigenvalue weighted by Gasteiger charge is -2.30. The van der Waals surface area contributed by atoms with E-state index >= 15 is 0 Å². The number of anilines is 1. The molecule has 0 spiro atoms. The molecule has 1 aliphatic rings. The number of hydrogen-bond acceptors (Lipinski definition) is 6. The van der Waals surface area contributed by atoms with Gasteiger partial charge in [0, 0.05) is 18.3 Å². The van der Waals surface area contributed by atoms with E-state index in [-0.39, 0.29) is 17.2 Å². The number of aryl methyl sites for hydroxylation is 1. The molecule has 0 aliphatic carbocycles. The molecule has 3 aromatic rings. The van der Waals surface area contributed by atoms with Crippen LogP contribution in [0.15, 0.2) is 40.3 Å². The summed E-state index contributed by atoms with van der Waals surface area (Å²) < 4.78 is 1.73. The number of hydrogen-bond donors (Lipinski definition) is 2. The number of para-hydroxylation sites is 1. The van der Waals surface area contributed by atoms with Gasteiger partial charge in [0.25, 0.3) is 5.56 Å². The number of fused-ring (bicyclic) bond motifs is 1. The second-order valence-electron chi connectivity index (χ2n) is 8.52. The van der Waals surface area contributed by atoms with E-state index in [1.165, 1.54) is 24.6 Å². The zero-order chi connectivity index (χ0) is 22.5. The number of nitrogens with zero attached hydrogens (tertiary/aromatic N) is 4. The molecular weight excluding hydrogens is 424 g/mol. The highest BCUT2D eigenvalue weighted by atomic mass is 32.2. The van der Waals surface area contributed by atoms with Gasteiger partial charge in [-0.2, -0.15) is 5.10 Å². The fourth-order valence-electron chi connectivity index (χ4n) is 3.98. The van der Waals surface area contributed by atoms with Crippen LogP contribution in [-0.2, 0) is 11.3 Å². The average Bonchev–Trinajstić information content (AvgIpc) is 3.19. The zero-order valence-electron chi connectivity index (χ0n) is 18.6. The summed E-state index contributed by atoms with van der Waals surface area (Å²) in [5.41, 5.74) is 1.49. The maximum atomic E-state index is 13.2. The Hall–Kier alpha value is -2.65. The van der Waals surface area contributed by atoms with E-state index in [1.54, 1.807) is 10.6 Å². The Balaban J connectivity index is 1.45. The highest BCUT2D eigenvalue weighted by Crippen LogP contribution is 2.20. The molecule has 3 heterocycles. The molecule has 1 saturated heterocycles. The lowest BCUT2D eigenvalue weighted by atomic mass is 9.99. The second-order valence-corrected chi connectivity index (χ2v) is 9.46. The largest absolute Gasteiger partial charge is 0.308 e. The molecule has 1 amide bonds. The molecule has 2 aromatic heterocycles. The van der Waals surface area contributed by atoms with E-state index < -0.39 is 0 Å². The molecule has 0 bridgehead atoms. The van der Waals surface area contributed by atoms with Gasteiger partial charge in [-0.15, -0.1) is 0 Å². The molecular formula is C23H30N6O2S. The smallest absolute Gasteiger partial charge is 0.262 e. The first-order chi connectivity index (χ1) is 15.5. The monoisotopic (exact) mass is 454 g/mol. The molecule has 4 rings (SSSR count). The van der Waals surface area contributed by atoms with Crippen molar-refractivity contribution in [3.05, 3.63) is 46.4 Å². The summed E-state index contributed by atoms with van der Waals surface area (Å²) in [5.74, 6) is 1.27. The van der Waals surface area contributed by atoms with Gasteiger partial charge in [0.05, 0.1) is 16.7 Å². The van der Waals surface area contributed by atoms with E-state index in [9.17, 15) is 9.59 Å². The lowest BCUT2D eigenvalue weighted by Crippen LogP contribution is -2.34. The normalized spacial score (nSPS) is 15.3. The van der Waals surface area contributed by atoms with Gasteiger partial charge in [-0.1, -0.05) is 30.8 Å². The molecule has 8 nitrogen and oxygen atoms in total. The van der Waals surface area contributed by atoms with E-state index in [2.05, 4.69) is 27.3 Å². The molecule has 2 N–H and O–H groups in total. The Morgan fingerprint density at radius 2 is 2.03 bits per heavy atom. The zero-order valence-corrected chi connectivity index (χ0v) is 19.5. The highest BCUT2D eigenvalue weighted by molar-refractivity contribution is 7.99. The van der Waals surface area contributed by atoms with Gasteiger partial charge in [0.1, 0.15) is 0 Å². The minimum atomic E-state index is -0.183. The number of rotatable bonds is 8. The molecule has 170 valence electrons. The van der Waals surface area contributed by atoms with E-state index in [4.69, 9.17) is 4.98 Å². The summed E-state index contributed by atoms with van der Waals surface area (Å²) in [4.78, 5) is 32.8. The number of thioether (sulfide) groups is 1. The van der Waals surface area contributed by atoms with Gasteiger partial charge >= 0.3 is 0 Å². The number of H-pyrrole nitrogens is 1. The Kier molecular flexibility index (Phi) is 7.26. The molecule has 9 heteroatoms. The van der Waals surface area contributed by atoms with Crippen LogP contribution in [0, 0.1) is 12.8 Å². The Labute approximate surface area is 191 Å². The van der Waals surface area contributed by atoms with Crippen LogP contribution in [0.1, 0.15) is 31.9 Å². The van der Waals surface area contributed by atoms with Crippen molar-refractivity contribution < 1.29 is 4.79 Å². The minimum absolute atomic E-state index is 0.0475. The quantitative estimate of drug-likeness (QED) is 0.401. The number of aromatic amines is 1. The first kappa shape index (κ1) is 22.5. The van der Waals surface area contributed by atoms with Gasteiger partial charge in [0.2, 0.25) is 5.91 Å². The van der Waals surface area contributed by atoms with Crippen molar-refractivity contribution in [1.82, 2.24) is 24.6 Å². The fraction of sp³-hybridized carbons (Fsp3) is 0.478. The average molecular weight is 455 g/mol. The molecule has 0 saturated carbocycles. The van der Waals surface area contributed by atoms with Crippen molar-refractivity contribution >= 4 is 34.4 Å². The molecule has 0 atom stereocenters. The molecule has 1 aromatic carbocycles. The third-order valence-corrected chi connectivity index (χ3v) is 6.84. The van der Waals surface area contributed by atoms with Crippen molar-refractivity contribution in [3.8, 4) is 0 Å². The van der Waals surface area contributed by atoms with Crippen LogP contribution in [0.25, 0.3) is 10.9 Å². The van der Waals surface area contributed by atoms with Crippen LogP contribution >= 0.6 is 11.8 Å². The SMILES string of the molecule is Cc1cc(NC(=O)CSc2nc3ccccc3c(=O)n2CCCN2CCC(C)CC2)n[nH]1. The first-order valence-corrected chi connectivity index (χ1v) is 12.1. The summed E-state index contributed by atoms with van der Waals surface area (Å²) >= 11 is 1.28. The number of carbonyl (C=O) groups excluding carboxylic acids is 1. The number of aromatic nitrogens is 4. The van der Waals surface area contributed by atoms with Gasteiger partial charge in [0.15, 0.2) is 11.0 Å². The van der Waals surface area contributed by atoms with Crippen LogP contribution in [0.2, 0.25) is 0 Å². The van der Waals surface area contributed by atoms with Gasteiger partial charge in [-0.25, -0.2) is 4.98 Å². The Morgan fingerprint density at radius 1 is 1.25 bits per heavy atom. The second kappa shape index (κ2) is 10.3. The third-order valence-electron chi connectivity index (χ3n) is 5.86. The van der Waals surface area contributed by atoms with Crippen LogP contribution in [0.3, 0.4) is 0 Å². The number of amides is 1. The van der Waals surface area contributed by atoms with E-state index in [1.807, 2.05) is 31.2 Å². The third kappa shape index (κ3) is 5.58. The Bertz CT molecular complexity index is 1130. The number of nitrogens with one attached hydrogen (secondary N) is 2. The van der Waals surface area contributed by atoms with Crippen LogP contribution in [-0.4, -0.2) is 55.9 Å². The van der Waals surface area contributed by atoms with Crippen molar-refractivity contribution in [2.75, 3.05) is 30.7 Å². The summed E-state index contributed by atoms with van der Waals surface area (Å²) in [6.07, 6.45) is 3.35. The molecule has 0 radical (unpaired) electrons. The lowest BCUT2D eigenvalue weighted by molar-refractivity contribution is -0.113. The Morgan fingerprint density at radius 3 is 2.78 bits per heavy atom. The molecule has 32 heavy (non-hydrogen) atoms. The summed E-state index contributed by atoms with van der Waals surface area (Å²) in [6.45, 7) is 7.99. The van der Waals surface area contributed by atoms with E-state index in [0.717, 1.165) is 37.7 Å². The summed E-state index contributed by atoms with van der Waals surface area (Å²) in [7, 11) is 0. The predicted octanol–water partition coefficient (Wildman–Crippen LogP) is 3.28. The van der Waals surface area contributed by atoms with E-state index in [0.29, 0.717) is 28.4 Å². The first-order valence-electron chi connectivity index (χ1n) is 11.2. The molecule has 1 fully saturated rings. The fourth-order valence-corrected chi connectivity index (χ4v) is 4.81. The van der Waals surface area contributed by atoms with Gasteiger partial charge < -0.3 is 10.2 Å². The standard InChI is InChI=1S/C23H30N6O2S/c1-16-8-12-28(13-9-16)10-5-11-29-22(31)18-6-3-4-7-19(18)24-23(29)32-15-21(30)25-20-14-17(2)26-27-20/h3-4,6-7,14,16H,5,8-13,15H2,1-2H3,(H2,25,26,27,30). The van der Waals surface area contributed by atoms with Crippen molar-refractivity contribution in [2.24, 2.45) is 5.92 Å².